The fourth-order valence-electron chi connectivity index (χ4n) is 2.20. The van der Waals surface area contributed by atoms with Crippen molar-refractivity contribution in [3.63, 3.8) is 0 Å². The Balaban J connectivity index is 2.15. The first kappa shape index (κ1) is 15.9. The number of anilines is 1. The summed E-state index contributed by atoms with van der Waals surface area (Å²) in [6.45, 7) is 0. The van der Waals surface area contributed by atoms with Gasteiger partial charge in [0.25, 0.3) is 15.9 Å². The number of hydrogen-bond acceptors (Lipinski definition) is 4. The molecule has 0 radical (unpaired) electrons. The Morgan fingerprint density at radius 1 is 1.12 bits per heavy atom. The van der Waals surface area contributed by atoms with Crippen LogP contribution in [0.25, 0.3) is 11.0 Å². The van der Waals surface area contributed by atoms with Crippen LogP contribution in [-0.4, -0.2) is 14.3 Å². The zero-order valence-electron chi connectivity index (χ0n) is 11.9. The summed E-state index contributed by atoms with van der Waals surface area (Å²) in [5.74, 6) is -3.60. The van der Waals surface area contributed by atoms with E-state index in [-0.39, 0.29) is 16.7 Å². The fraction of sp³-hybridized carbons (Fsp3) is 0. The van der Waals surface area contributed by atoms with Gasteiger partial charge in [-0.05, 0) is 24.3 Å². The maximum Gasteiger partial charge on any atom is 0.286 e. The number of rotatable bonds is 4. The third kappa shape index (κ3) is 2.69. The molecular weight excluding hydrogens is 342 g/mol. The minimum Gasteiger partial charge on any atom is -0.449 e. The normalized spacial score (nSPS) is 11.6. The third-order valence-corrected chi connectivity index (χ3v) is 4.62. The molecule has 0 fully saturated rings. The molecule has 2 aromatic carbocycles. The monoisotopic (exact) mass is 352 g/mol. The number of nitrogens with one attached hydrogen (secondary N) is 1. The molecule has 0 aliphatic heterocycles. The Morgan fingerprint density at radius 3 is 2.50 bits per heavy atom. The Bertz CT molecular complexity index is 1060. The number of carbonyl (C=O) groups excluding carboxylic acids is 1. The number of furan rings is 1. The van der Waals surface area contributed by atoms with Gasteiger partial charge in [-0.2, -0.15) is 0 Å². The highest BCUT2D eigenvalue weighted by Gasteiger charge is 2.26. The van der Waals surface area contributed by atoms with E-state index in [0.29, 0.717) is 6.07 Å². The summed E-state index contributed by atoms with van der Waals surface area (Å²) < 4.78 is 58.8. The summed E-state index contributed by atoms with van der Waals surface area (Å²) in [4.78, 5) is 10.7. The van der Waals surface area contributed by atoms with Gasteiger partial charge < -0.3 is 10.2 Å². The van der Waals surface area contributed by atoms with Crippen LogP contribution < -0.4 is 10.5 Å². The third-order valence-electron chi connectivity index (χ3n) is 3.24. The number of para-hydroxylation sites is 1. The van der Waals surface area contributed by atoms with Crippen LogP contribution in [0, 0.1) is 11.6 Å². The Kier molecular flexibility index (Phi) is 3.72. The van der Waals surface area contributed by atoms with E-state index in [2.05, 4.69) is 4.72 Å². The average Bonchev–Trinajstić information content (AvgIpc) is 2.85. The molecule has 0 aliphatic carbocycles. The van der Waals surface area contributed by atoms with Crippen molar-refractivity contribution < 1.29 is 26.4 Å². The lowest BCUT2D eigenvalue weighted by Crippen LogP contribution is -2.18. The van der Waals surface area contributed by atoms with Crippen molar-refractivity contribution in [3.05, 3.63) is 59.9 Å². The van der Waals surface area contributed by atoms with Crippen LogP contribution in [-0.2, 0) is 10.0 Å². The van der Waals surface area contributed by atoms with Gasteiger partial charge in [-0.3, -0.25) is 9.52 Å². The maximum absolute atomic E-state index is 13.8. The molecule has 1 aromatic heterocycles. The number of primary amides is 1. The number of fused-ring (bicyclic) bond motifs is 1. The minimum atomic E-state index is -4.44. The van der Waals surface area contributed by atoms with E-state index in [1.54, 1.807) is 12.1 Å². The van der Waals surface area contributed by atoms with Gasteiger partial charge in [0.05, 0.1) is 0 Å². The predicted octanol–water partition coefficient (Wildman–Crippen LogP) is 2.61. The quantitative estimate of drug-likeness (QED) is 0.753. The lowest BCUT2D eigenvalue weighted by atomic mass is 10.2. The fourth-order valence-corrected chi connectivity index (χ4v) is 3.35. The van der Waals surface area contributed by atoms with Crippen molar-refractivity contribution in [2.45, 2.75) is 4.90 Å². The zero-order valence-corrected chi connectivity index (χ0v) is 12.7. The second kappa shape index (κ2) is 5.60. The SMILES string of the molecule is NC(=O)c1oc2ccccc2c1NS(=O)(=O)c1ccc(F)cc1F. The smallest absolute Gasteiger partial charge is 0.286 e. The van der Waals surface area contributed by atoms with Crippen LogP contribution in [0.1, 0.15) is 10.6 Å². The molecule has 0 saturated carbocycles. The van der Waals surface area contributed by atoms with Crippen LogP contribution in [0.2, 0.25) is 0 Å². The molecule has 0 unspecified atom stereocenters. The van der Waals surface area contributed by atoms with Gasteiger partial charge in [0.15, 0.2) is 0 Å². The van der Waals surface area contributed by atoms with E-state index in [1.165, 1.54) is 12.1 Å². The van der Waals surface area contributed by atoms with Crippen molar-refractivity contribution in [1.29, 1.82) is 0 Å². The first-order valence-electron chi connectivity index (χ1n) is 6.59. The number of hydrogen-bond donors (Lipinski definition) is 2. The van der Waals surface area contributed by atoms with Crippen molar-refractivity contribution in [3.8, 4) is 0 Å². The molecule has 3 rings (SSSR count). The molecule has 0 atom stereocenters. The summed E-state index contributed by atoms with van der Waals surface area (Å²) in [6, 6.07) is 8.26. The van der Waals surface area contributed by atoms with Gasteiger partial charge in [0.2, 0.25) is 5.76 Å². The molecule has 3 N–H and O–H groups in total. The molecule has 0 spiro atoms. The second-order valence-electron chi connectivity index (χ2n) is 4.85. The van der Waals surface area contributed by atoms with Crippen LogP contribution in [0.3, 0.4) is 0 Å². The highest BCUT2D eigenvalue weighted by Crippen LogP contribution is 2.32. The van der Waals surface area contributed by atoms with Crippen LogP contribution in [0.4, 0.5) is 14.5 Å². The Morgan fingerprint density at radius 2 is 1.83 bits per heavy atom. The van der Waals surface area contributed by atoms with Gasteiger partial charge in [-0.15, -0.1) is 0 Å². The first-order chi connectivity index (χ1) is 11.3. The molecule has 0 saturated heterocycles. The molecule has 0 aliphatic rings. The topological polar surface area (TPSA) is 102 Å². The summed E-state index contributed by atoms with van der Waals surface area (Å²) in [7, 11) is -4.44. The molecule has 3 aromatic rings. The summed E-state index contributed by atoms with van der Waals surface area (Å²) in [5.41, 5.74) is 5.21. The number of halogens is 2. The molecule has 6 nitrogen and oxygen atoms in total. The van der Waals surface area contributed by atoms with Gasteiger partial charge in [-0.1, -0.05) is 12.1 Å². The molecule has 24 heavy (non-hydrogen) atoms. The molecule has 1 amide bonds. The average molecular weight is 352 g/mol. The lowest BCUT2D eigenvalue weighted by Gasteiger charge is -2.08. The van der Waals surface area contributed by atoms with Gasteiger partial charge >= 0.3 is 0 Å². The van der Waals surface area contributed by atoms with Gasteiger partial charge in [0, 0.05) is 11.5 Å². The summed E-state index contributed by atoms with van der Waals surface area (Å²) in [5, 5.41) is 0.275. The van der Waals surface area contributed by atoms with Crippen molar-refractivity contribution in [2.75, 3.05) is 4.72 Å². The Hall–Kier alpha value is -2.94. The molecule has 0 bridgehead atoms. The van der Waals surface area contributed by atoms with Crippen molar-refractivity contribution in [1.82, 2.24) is 0 Å². The number of amides is 1. The number of benzene rings is 2. The largest absolute Gasteiger partial charge is 0.449 e. The predicted molar refractivity (Wildman–Crippen MR) is 81.9 cm³/mol. The Labute approximate surface area is 134 Å². The van der Waals surface area contributed by atoms with Crippen LogP contribution in [0.5, 0.6) is 0 Å². The van der Waals surface area contributed by atoms with E-state index in [1.807, 2.05) is 0 Å². The lowest BCUT2D eigenvalue weighted by molar-refractivity contribution is 0.0977. The molecular formula is C15H10F2N2O4S. The van der Waals surface area contributed by atoms with E-state index < -0.39 is 38.2 Å². The number of carbonyl (C=O) groups is 1. The van der Waals surface area contributed by atoms with E-state index in [9.17, 15) is 22.0 Å². The van der Waals surface area contributed by atoms with Crippen LogP contribution >= 0.6 is 0 Å². The number of nitrogens with two attached hydrogens (primary N) is 1. The van der Waals surface area contributed by atoms with Crippen LogP contribution in [0.15, 0.2) is 51.8 Å². The van der Waals surface area contributed by atoms with E-state index in [4.69, 9.17) is 10.2 Å². The van der Waals surface area contributed by atoms with Crippen molar-refractivity contribution in [2.24, 2.45) is 5.73 Å². The minimum absolute atomic E-state index is 0.207. The highest BCUT2D eigenvalue weighted by molar-refractivity contribution is 7.92. The molecule has 1 heterocycles. The summed E-state index contributed by atoms with van der Waals surface area (Å²) in [6.07, 6.45) is 0. The highest BCUT2D eigenvalue weighted by atomic mass is 32.2. The number of sulfonamides is 1. The van der Waals surface area contributed by atoms with Gasteiger partial charge in [-0.25, -0.2) is 17.2 Å². The zero-order chi connectivity index (χ0) is 17.5. The second-order valence-corrected chi connectivity index (χ2v) is 6.50. The van der Waals surface area contributed by atoms with Crippen molar-refractivity contribution >= 4 is 32.6 Å². The van der Waals surface area contributed by atoms with Gasteiger partial charge in [0.1, 0.15) is 27.8 Å². The first-order valence-corrected chi connectivity index (χ1v) is 8.07. The summed E-state index contributed by atoms with van der Waals surface area (Å²) >= 11 is 0. The maximum atomic E-state index is 13.8. The van der Waals surface area contributed by atoms with E-state index in [0.717, 1.165) is 12.1 Å². The molecule has 9 heteroatoms. The standard InChI is InChI=1S/C15H10F2N2O4S/c16-8-5-6-12(10(17)7-8)24(21,22)19-13-9-3-1-2-4-11(9)23-14(13)15(18)20/h1-7,19H,(H2,18,20). The molecule has 124 valence electrons. The van der Waals surface area contributed by atoms with E-state index >= 15 is 0 Å².